The molecular formula is C59H96O6. The number of hydrogen-bond acceptors (Lipinski definition) is 6. The highest BCUT2D eigenvalue weighted by Crippen LogP contribution is 2.13. The van der Waals surface area contributed by atoms with E-state index in [1.54, 1.807) is 0 Å². The summed E-state index contributed by atoms with van der Waals surface area (Å²) in [5.74, 6) is -0.991. The van der Waals surface area contributed by atoms with Crippen LogP contribution in [0.25, 0.3) is 0 Å². The number of hydrogen-bond donors (Lipinski definition) is 0. The van der Waals surface area contributed by atoms with Gasteiger partial charge in [0.2, 0.25) is 0 Å². The van der Waals surface area contributed by atoms with Crippen LogP contribution in [-0.4, -0.2) is 37.2 Å². The molecule has 0 aromatic heterocycles. The van der Waals surface area contributed by atoms with Crippen LogP contribution in [0.4, 0.5) is 0 Å². The third-order valence-corrected chi connectivity index (χ3v) is 10.7. The van der Waals surface area contributed by atoms with Gasteiger partial charge in [0.25, 0.3) is 0 Å². The minimum absolute atomic E-state index is 0.105. The summed E-state index contributed by atoms with van der Waals surface area (Å²) in [5.41, 5.74) is 0. The molecule has 65 heavy (non-hydrogen) atoms. The van der Waals surface area contributed by atoms with Crippen LogP contribution >= 0.6 is 0 Å². The zero-order chi connectivity index (χ0) is 47.2. The number of carbonyl (C=O) groups is 3. The Hall–Kier alpha value is -3.93. The Balaban J connectivity index is 4.46. The Morgan fingerprint density at radius 1 is 0.323 bits per heavy atom. The summed E-state index contributed by atoms with van der Waals surface area (Å²) in [7, 11) is 0. The summed E-state index contributed by atoms with van der Waals surface area (Å²) in [4.78, 5) is 37.9. The van der Waals surface area contributed by atoms with Gasteiger partial charge in [-0.15, -0.1) is 0 Å². The van der Waals surface area contributed by atoms with Crippen molar-refractivity contribution in [1.29, 1.82) is 0 Å². The largest absolute Gasteiger partial charge is 0.462 e. The van der Waals surface area contributed by atoms with Gasteiger partial charge in [0, 0.05) is 19.3 Å². The van der Waals surface area contributed by atoms with Gasteiger partial charge in [0.1, 0.15) is 13.2 Å². The second-order valence-electron chi connectivity index (χ2n) is 17.0. The highest BCUT2D eigenvalue weighted by Gasteiger charge is 2.19. The molecule has 0 saturated heterocycles. The molecule has 1 atom stereocenters. The van der Waals surface area contributed by atoms with Crippen molar-refractivity contribution in [2.45, 2.75) is 232 Å². The van der Waals surface area contributed by atoms with Gasteiger partial charge in [-0.3, -0.25) is 14.4 Å². The first-order valence-electron chi connectivity index (χ1n) is 26.4. The molecule has 0 aliphatic carbocycles. The van der Waals surface area contributed by atoms with Crippen LogP contribution in [0.2, 0.25) is 0 Å². The minimum atomic E-state index is -0.809. The highest BCUT2D eigenvalue weighted by molar-refractivity contribution is 5.71. The van der Waals surface area contributed by atoms with Crippen LogP contribution in [0.3, 0.4) is 0 Å². The Labute approximate surface area is 400 Å². The first kappa shape index (κ1) is 61.1. The quantitative estimate of drug-likeness (QED) is 0.0262. The molecule has 0 aliphatic heterocycles. The fourth-order valence-corrected chi connectivity index (χ4v) is 6.77. The molecule has 0 fully saturated rings. The van der Waals surface area contributed by atoms with Gasteiger partial charge < -0.3 is 14.2 Å². The third-order valence-electron chi connectivity index (χ3n) is 10.7. The Morgan fingerprint density at radius 2 is 0.615 bits per heavy atom. The van der Waals surface area contributed by atoms with Crippen molar-refractivity contribution < 1.29 is 28.6 Å². The molecule has 368 valence electrons. The first-order valence-corrected chi connectivity index (χ1v) is 26.4. The van der Waals surface area contributed by atoms with Crippen LogP contribution < -0.4 is 0 Å². The molecule has 0 rings (SSSR count). The van der Waals surface area contributed by atoms with Crippen molar-refractivity contribution in [2.75, 3.05) is 13.2 Å². The fraction of sp³-hybridized carbons (Fsp3) is 0.644. The molecule has 0 aromatic carbocycles. The number of esters is 3. The third kappa shape index (κ3) is 50.9. The topological polar surface area (TPSA) is 78.9 Å². The van der Waals surface area contributed by atoms with Gasteiger partial charge in [0.05, 0.1) is 0 Å². The highest BCUT2D eigenvalue weighted by atomic mass is 16.6. The van der Waals surface area contributed by atoms with E-state index in [9.17, 15) is 14.4 Å². The van der Waals surface area contributed by atoms with E-state index in [-0.39, 0.29) is 37.5 Å². The molecule has 6 heteroatoms. The number of unbranched alkanes of at least 4 members (excludes halogenated alkanes) is 17. The maximum Gasteiger partial charge on any atom is 0.306 e. The van der Waals surface area contributed by atoms with Gasteiger partial charge >= 0.3 is 17.9 Å². The average molecular weight is 901 g/mol. The monoisotopic (exact) mass is 901 g/mol. The molecule has 0 bridgehead atoms. The van der Waals surface area contributed by atoms with E-state index in [1.165, 1.54) is 64.2 Å². The van der Waals surface area contributed by atoms with E-state index in [2.05, 4.69) is 130 Å². The van der Waals surface area contributed by atoms with Gasteiger partial charge in [-0.05, 0) is 122 Å². The zero-order valence-electron chi connectivity index (χ0n) is 42.0. The summed E-state index contributed by atoms with van der Waals surface area (Å²) in [6.45, 7) is 6.40. The standard InChI is InChI=1S/C59H96O6/c1-4-7-10-13-16-19-22-25-26-27-28-29-30-31-32-33-34-35-38-40-43-46-49-52-58(61)64-55-56(65-59(62)53-50-47-44-41-37-24-21-18-15-12-9-6-3)54-63-57(60)51-48-45-42-39-36-23-20-17-14-11-8-5-2/h7,10,16-21,25-26,28-29,31-32,34-35,40,43,56H,4-6,8-9,11-15,22-24,27,30,33,36-39,41-42,44-55H2,1-3H3/b10-7-,19-16-,20-17-,21-18-,26-25-,29-28-,32-31-,35-34-,43-40-. The van der Waals surface area contributed by atoms with Crippen molar-refractivity contribution >= 4 is 17.9 Å². The molecule has 0 heterocycles. The number of allylic oxidation sites excluding steroid dienone is 18. The van der Waals surface area contributed by atoms with Crippen LogP contribution in [0, 0.1) is 0 Å². The minimum Gasteiger partial charge on any atom is -0.462 e. The van der Waals surface area contributed by atoms with Crippen LogP contribution in [0.1, 0.15) is 226 Å². The predicted molar refractivity (Wildman–Crippen MR) is 279 cm³/mol. The van der Waals surface area contributed by atoms with E-state index in [1.807, 2.05) is 0 Å². The molecular weight excluding hydrogens is 805 g/mol. The second kappa shape index (κ2) is 52.7. The van der Waals surface area contributed by atoms with Crippen LogP contribution in [0.15, 0.2) is 109 Å². The number of rotatable bonds is 46. The molecule has 0 aromatic rings. The van der Waals surface area contributed by atoms with E-state index in [4.69, 9.17) is 14.2 Å². The van der Waals surface area contributed by atoms with Crippen molar-refractivity contribution in [3.63, 3.8) is 0 Å². The van der Waals surface area contributed by atoms with Gasteiger partial charge in [-0.1, -0.05) is 194 Å². The lowest BCUT2D eigenvalue weighted by molar-refractivity contribution is -0.167. The fourth-order valence-electron chi connectivity index (χ4n) is 6.77. The second-order valence-corrected chi connectivity index (χ2v) is 17.0. The van der Waals surface area contributed by atoms with Crippen LogP contribution in [0.5, 0.6) is 0 Å². The lowest BCUT2D eigenvalue weighted by Gasteiger charge is -2.18. The summed E-state index contributed by atoms with van der Waals surface area (Å²) < 4.78 is 16.7. The van der Waals surface area contributed by atoms with E-state index < -0.39 is 6.10 Å². The Morgan fingerprint density at radius 3 is 1.02 bits per heavy atom. The SMILES string of the molecule is CC/C=C\C/C=C\C/C=C\C/C=C\C/C=C\C/C=C\C/C=C\CCCC(=O)OCC(COC(=O)CCCCCCC/C=C\CCCCC)OC(=O)CCCCCCC/C=C\CCCCC. The summed E-state index contributed by atoms with van der Waals surface area (Å²) in [5, 5.41) is 0. The van der Waals surface area contributed by atoms with Gasteiger partial charge in [-0.25, -0.2) is 0 Å². The van der Waals surface area contributed by atoms with Crippen molar-refractivity contribution in [3.8, 4) is 0 Å². The van der Waals surface area contributed by atoms with E-state index in [0.717, 1.165) is 116 Å². The lowest BCUT2D eigenvalue weighted by Crippen LogP contribution is -2.30. The summed E-state index contributed by atoms with van der Waals surface area (Å²) in [6, 6.07) is 0. The van der Waals surface area contributed by atoms with Crippen molar-refractivity contribution in [3.05, 3.63) is 109 Å². The van der Waals surface area contributed by atoms with E-state index >= 15 is 0 Å². The van der Waals surface area contributed by atoms with Gasteiger partial charge in [0.15, 0.2) is 6.10 Å². The molecule has 0 aliphatic rings. The molecule has 6 nitrogen and oxygen atoms in total. The molecule has 0 amide bonds. The number of carbonyl (C=O) groups excluding carboxylic acids is 3. The number of ether oxygens (including phenoxy) is 3. The first-order chi connectivity index (χ1) is 32.0. The summed E-state index contributed by atoms with van der Waals surface area (Å²) >= 11 is 0. The van der Waals surface area contributed by atoms with E-state index in [0.29, 0.717) is 19.3 Å². The summed E-state index contributed by atoms with van der Waals surface area (Å²) in [6.07, 6.45) is 70.8. The Kier molecular flexibility index (Phi) is 49.5. The normalized spacial score (nSPS) is 13.0. The van der Waals surface area contributed by atoms with Crippen molar-refractivity contribution in [1.82, 2.24) is 0 Å². The molecule has 0 saturated carbocycles. The smallest absolute Gasteiger partial charge is 0.306 e. The maximum atomic E-state index is 12.8. The van der Waals surface area contributed by atoms with Gasteiger partial charge in [-0.2, -0.15) is 0 Å². The molecule has 0 spiro atoms. The average Bonchev–Trinajstić information content (AvgIpc) is 3.30. The molecule has 1 unspecified atom stereocenters. The van der Waals surface area contributed by atoms with Crippen LogP contribution in [-0.2, 0) is 28.6 Å². The molecule has 0 N–H and O–H groups in total. The maximum absolute atomic E-state index is 12.8. The predicted octanol–water partition coefficient (Wildman–Crippen LogP) is 17.5. The lowest BCUT2D eigenvalue weighted by atomic mass is 10.1. The Bertz CT molecular complexity index is 1360. The van der Waals surface area contributed by atoms with Crippen molar-refractivity contribution in [2.24, 2.45) is 0 Å². The molecule has 0 radical (unpaired) electrons. The zero-order valence-corrected chi connectivity index (χ0v) is 42.0.